The van der Waals surface area contributed by atoms with Gasteiger partial charge in [-0.1, -0.05) is 12.5 Å². The summed E-state index contributed by atoms with van der Waals surface area (Å²) in [5, 5.41) is 0. The number of nitrogens with one attached hydrogen (secondary N) is 1. The average Bonchev–Trinajstić information content (AvgIpc) is 2.06. The van der Waals surface area contributed by atoms with Gasteiger partial charge in [0.1, 0.15) is 0 Å². The lowest BCUT2D eigenvalue weighted by Gasteiger charge is -2.27. The first kappa shape index (κ1) is 8.57. The molecule has 0 bridgehead atoms. The zero-order chi connectivity index (χ0) is 9.26. The number of rotatable bonds is 2. The Bertz CT molecular complexity index is 303. The van der Waals surface area contributed by atoms with Crippen molar-refractivity contribution in [3.05, 3.63) is 29.3 Å². The second kappa shape index (κ2) is 3.38. The summed E-state index contributed by atoms with van der Waals surface area (Å²) < 4.78 is 0. The van der Waals surface area contributed by atoms with Crippen LogP contribution in [-0.2, 0) is 0 Å². The van der Waals surface area contributed by atoms with Crippen molar-refractivity contribution >= 4 is 5.69 Å². The molecule has 2 nitrogen and oxygen atoms in total. The van der Waals surface area contributed by atoms with Gasteiger partial charge < -0.3 is 5.43 Å². The Hall–Kier alpha value is -1.02. The number of nitrogen functional groups attached to an aromatic ring is 1. The lowest BCUT2D eigenvalue weighted by Crippen LogP contribution is -2.12. The summed E-state index contributed by atoms with van der Waals surface area (Å²) in [6.07, 6.45) is 4.06. The van der Waals surface area contributed by atoms with Gasteiger partial charge in [-0.25, -0.2) is 0 Å². The molecule has 0 heterocycles. The number of benzene rings is 1. The number of aryl methyl sites for hydroxylation is 1. The zero-order valence-corrected chi connectivity index (χ0v) is 8.01. The van der Waals surface area contributed by atoms with Crippen LogP contribution in [0.25, 0.3) is 0 Å². The molecule has 0 saturated heterocycles. The van der Waals surface area contributed by atoms with Crippen LogP contribution < -0.4 is 11.3 Å². The summed E-state index contributed by atoms with van der Waals surface area (Å²) in [7, 11) is 0. The number of hydrazine groups is 1. The maximum atomic E-state index is 5.38. The minimum absolute atomic E-state index is 0.785. The van der Waals surface area contributed by atoms with E-state index < -0.39 is 0 Å². The second-order valence-electron chi connectivity index (χ2n) is 3.84. The first-order valence-corrected chi connectivity index (χ1v) is 4.88. The molecule has 1 aliphatic rings. The molecule has 13 heavy (non-hydrogen) atoms. The summed E-state index contributed by atoms with van der Waals surface area (Å²) >= 11 is 0. The van der Waals surface area contributed by atoms with Crippen molar-refractivity contribution in [3.8, 4) is 0 Å². The van der Waals surface area contributed by atoms with Crippen molar-refractivity contribution < 1.29 is 0 Å². The molecule has 3 N–H and O–H groups in total. The smallest absolute Gasteiger partial charge is 0.0488 e. The number of hydrogen-bond acceptors (Lipinski definition) is 2. The molecule has 2 rings (SSSR count). The van der Waals surface area contributed by atoms with Crippen LogP contribution in [0.1, 0.15) is 36.3 Å². The third-order valence-corrected chi connectivity index (χ3v) is 2.99. The van der Waals surface area contributed by atoms with Crippen molar-refractivity contribution in [2.24, 2.45) is 5.84 Å². The quantitative estimate of drug-likeness (QED) is 0.537. The lowest BCUT2D eigenvalue weighted by atomic mass is 9.78. The van der Waals surface area contributed by atoms with Gasteiger partial charge in [0.2, 0.25) is 0 Å². The molecule has 0 aliphatic heterocycles. The number of anilines is 1. The molecule has 1 saturated carbocycles. The Morgan fingerprint density at radius 1 is 1.38 bits per heavy atom. The highest BCUT2D eigenvalue weighted by Gasteiger charge is 2.20. The molecule has 0 spiro atoms. The van der Waals surface area contributed by atoms with Crippen molar-refractivity contribution in [2.75, 3.05) is 5.43 Å². The largest absolute Gasteiger partial charge is 0.324 e. The third kappa shape index (κ3) is 1.54. The minimum Gasteiger partial charge on any atom is -0.324 e. The highest BCUT2D eigenvalue weighted by atomic mass is 15.2. The van der Waals surface area contributed by atoms with E-state index in [1.54, 1.807) is 0 Å². The minimum atomic E-state index is 0.785. The van der Waals surface area contributed by atoms with Crippen LogP contribution in [0.5, 0.6) is 0 Å². The summed E-state index contributed by atoms with van der Waals surface area (Å²) in [5.74, 6) is 6.16. The Labute approximate surface area is 79.1 Å². The highest BCUT2D eigenvalue weighted by molar-refractivity contribution is 5.48. The SMILES string of the molecule is Cc1ccc(NN)cc1C1CCC1. The van der Waals surface area contributed by atoms with Gasteiger partial charge in [-0.15, -0.1) is 0 Å². The van der Waals surface area contributed by atoms with E-state index in [-0.39, 0.29) is 0 Å². The fourth-order valence-electron chi connectivity index (χ4n) is 1.89. The van der Waals surface area contributed by atoms with Gasteiger partial charge in [-0.3, -0.25) is 5.84 Å². The van der Waals surface area contributed by atoms with Crippen LogP contribution >= 0.6 is 0 Å². The molecule has 0 amide bonds. The molecule has 1 aliphatic carbocycles. The summed E-state index contributed by atoms with van der Waals surface area (Å²) in [6, 6.07) is 6.35. The number of nitrogens with two attached hydrogens (primary N) is 1. The maximum absolute atomic E-state index is 5.38. The molecule has 0 unspecified atom stereocenters. The van der Waals surface area contributed by atoms with E-state index >= 15 is 0 Å². The summed E-state index contributed by atoms with van der Waals surface area (Å²) in [4.78, 5) is 0. The fourth-order valence-corrected chi connectivity index (χ4v) is 1.89. The van der Waals surface area contributed by atoms with E-state index in [1.165, 1.54) is 30.4 Å². The van der Waals surface area contributed by atoms with E-state index in [4.69, 9.17) is 5.84 Å². The van der Waals surface area contributed by atoms with Crippen LogP contribution in [0.15, 0.2) is 18.2 Å². The molecular formula is C11H16N2. The predicted octanol–water partition coefficient (Wildman–Crippen LogP) is 2.55. The van der Waals surface area contributed by atoms with Crippen LogP contribution in [-0.4, -0.2) is 0 Å². The molecule has 1 fully saturated rings. The van der Waals surface area contributed by atoms with Gasteiger partial charge in [0.05, 0.1) is 0 Å². The Morgan fingerprint density at radius 2 is 2.15 bits per heavy atom. The van der Waals surface area contributed by atoms with Crippen LogP contribution in [0.2, 0.25) is 0 Å². The zero-order valence-electron chi connectivity index (χ0n) is 8.01. The topological polar surface area (TPSA) is 38.0 Å². The Morgan fingerprint density at radius 3 is 2.69 bits per heavy atom. The molecule has 1 aromatic carbocycles. The molecule has 2 heteroatoms. The van der Waals surface area contributed by atoms with Gasteiger partial charge in [0.25, 0.3) is 0 Å². The third-order valence-electron chi connectivity index (χ3n) is 2.99. The number of hydrogen-bond donors (Lipinski definition) is 2. The van der Waals surface area contributed by atoms with E-state index in [9.17, 15) is 0 Å². The normalized spacial score (nSPS) is 16.8. The van der Waals surface area contributed by atoms with Gasteiger partial charge in [-0.2, -0.15) is 0 Å². The second-order valence-corrected chi connectivity index (χ2v) is 3.84. The summed E-state index contributed by atoms with van der Waals surface area (Å²) in [5.41, 5.74) is 6.58. The Kier molecular flexibility index (Phi) is 2.23. The molecule has 1 aromatic rings. The standard InChI is InChI=1S/C11H16N2/c1-8-5-6-10(13-12)7-11(8)9-3-2-4-9/h5-7,9,13H,2-4,12H2,1H3. The van der Waals surface area contributed by atoms with Crippen LogP contribution in [0, 0.1) is 6.92 Å². The van der Waals surface area contributed by atoms with Crippen molar-refractivity contribution in [1.82, 2.24) is 0 Å². The van der Waals surface area contributed by atoms with E-state index in [1.807, 2.05) is 6.07 Å². The average molecular weight is 176 g/mol. The van der Waals surface area contributed by atoms with Gasteiger partial charge in [-0.05, 0) is 48.9 Å². The van der Waals surface area contributed by atoms with Crippen molar-refractivity contribution in [3.63, 3.8) is 0 Å². The maximum Gasteiger partial charge on any atom is 0.0488 e. The van der Waals surface area contributed by atoms with Gasteiger partial charge in [0.15, 0.2) is 0 Å². The highest BCUT2D eigenvalue weighted by Crippen LogP contribution is 2.38. The molecule has 0 aromatic heterocycles. The van der Waals surface area contributed by atoms with E-state index in [0.29, 0.717) is 0 Å². The van der Waals surface area contributed by atoms with Crippen molar-refractivity contribution in [2.45, 2.75) is 32.1 Å². The van der Waals surface area contributed by atoms with Gasteiger partial charge >= 0.3 is 0 Å². The first-order chi connectivity index (χ1) is 6.31. The molecule has 0 radical (unpaired) electrons. The van der Waals surface area contributed by atoms with E-state index in [0.717, 1.165) is 11.6 Å². The van der Waals surface area contributed by atoms with Gasteiger partial charge in [0, 0.05) is 5.69 Å². The lowest BCUT2D eigenvalue weighted by molar-refractivity contribution is 0.418. The molecule has 0 atom stereocenters. The Balaban J connectivity index is 2.30. The van der Waals surface area contributed by atoms with Crippen molar-refractivity contribution in [1.29, 1.82) is 0 Å². The van der Waals surface area contributed by atoms with E-state index in [2.05, 4.69) is 24.5 Å². The molecular weight excluding hydrogens is 160 g/mol. The molecule has 70 valence electrons. The first-order valence-electron chi connectivity index (χ1n) is 4.88. The van der Waals surface area contributed by atoms with Crippen LogP contribution in [0.3, 0.4) is 0 Å². The monoisotopic (exact) mass is 176 g/mol. The summed E-state index contributed by atoms with van der Waals surface area (Å²) in [6.45, 7) is 2.17. The van der Waals surface area contributed by atoms with Crippen LogP contribution in [0.4, 0.5) is 5.69 Å². The fraction of sp³-hybridized carbons (Fsp3) is 0.455. The predicted molar refractivity (Wildman–Crippen MR) is 55.6 cm³/mol.